The van der Waals surface area contributed by atoms with Gasteiger partial charge in [-0.2, -0.15) is 0 Å². The molecule has 0 spiro atoms. The molecule has 1 unspecified atom stereocenters. The van der Waals surface area contributed by atoms with Crippen LogP contribution in [0.15, 0.2) is 60.7 Å². The van der Waals surface area contributed by atoms with E-state index in [1.165, 1.54) is 0 Å². The fourth-order valence-electron chi connectivity index (χ4n) is 4.70. The standard InChI is InChI=1S/C28H29NO4/c1-28(2)32-17-21(33-28)16-31-26-9-5-7-24-23(26)13-11-19-14-18(10-12-22(19)27(24)30)15-20-6-3-4-8-25(20)29/h3-10,12,14,21H,11,13,15-17,29H2,1-2H3. The fraction of sp³-hybridized carbons (Fsp3) is 0.321. The normalized spacial score (nSPS) is 19.0. The zero-order valence-corrected chi connectivity index (χ0v) is 19.1. The first-order chi connectivity index (χ1) is 15.9. The van der Waals surface area contributed by atoms with E-state index in [2.05, 4.69) is 6.07 Å². The van der Waals surface area contributed by atoms with Gasteiger partial charge >= 0.3 is 0 Å². The number of aryl methyl sites for hydroxylation is 1. The van der Waals surface area contributed by atoms with Crippen molar-refractivity contribution in [2.24, 2.45) is 0 Å². The summed E-state index contributed by atoms with van der Waals surface area (Å²) in [5.74, 6) is 0.219. The van der Waals surface area contributed by atoms with Gasteiger partial charge < -0.3 is 19.9 Å². The van der Waals surface area contributed by atoms with Crippen molar-refractivity contribution in [3.05, 3.63) is 94.0 Å². The van der Waals surface area contributed by atoms with Crippen molar-refractivity contribution >= 4 is 11.5 Å². The van der Waals surface area contributed by atoms with Crippen LogP contribution < -0.4 is 10.5 Å². The Bertz CT molecular complexity index is 1200. The summed E-state index contributed by atoms with van der Waals surface area (Å²) in [6.45, 7) is 4.69. The van der Waals surface area contributed by atoms with Crippen molar-refractivity contribution < 1.29 is 19.0 Å². The second-order valence-electron chi connectivity index (χ2n) is 9.24. The molecule has 0 aromatic heterocycles. The van der Waals surface area contributed by atoms with E-state index in [0.717, 1.165) is 64.1 Å². The average molecular weight is 444 g/mol. The highest BCUT2D eigenvalue weighted by Gasteiger charge is 2.33. The second kappa shape index (κ2) is 8.65. The van der Waals surface area contributed by atoms with Crippen LogP contribution in [0.2, 0.25) is 0 Å². The predicted molar refractivity (Wildman–Crippen MR) is 128 cm³/mol. The number of ketones is 1. The highest BCUT2D eigenvalue weighted by molar-refractivity contribution is 6.11. The van der Waals surface area contributed by atoms with Crippen LogP contribution in [-0.4, -0.2) is 30.9 Å². The first-order valence-corrected chi connectivity index (χ1v) is 11.5. The summed E-state index contributed by atoms with van der Waals surface area (Å²) in [4.78, 5) is 13.4. The highest BCUT2D eigenvalue weighted by atomic mass is 16.7. The Morgan fingerprint density at radius 1 is 1.03 bits per heavy atom. The van der Waals surface area contributed by atoms with Crippen molar-refractivity contribution in [1.29, 1.82) is 0 Å². The van der Waals surface area contributed by atoms with Crippen molar-refractivity contribution in [3.63, 3.8) is 0 Å². The number of benzene rings is 3. The second-order valence-corrected chi connectivity index (χ2v) is 9.24. The summed E-state index contributed by atoms with van der Waals surface area (Å²) in [6.07, 6.45) is 2.15. The maximum absolute atomic E-state index is 13.4. The third-order valence-electron chi connectivity index (χ3n) is 6.38. The van der Waals surface area contributed by atoms with Gasteiger partial charge in [0.05, 0.1) is 6.61 Å². The van der Waals surface area contributed by atoms with E-state index in [1.54, 1.807) is 0 Å². The molecule has 5 nitrogen and oxygen atoms in total. The van der Waals surface area contributed by atoms with Crippen LogP contribution in [0.5, 0.6) is 5.75 Å². The van der Waals surface area contributed by atoms with Gasteiger partial charge in [-0.3, -0.25) is 4.79 Å². The Morgan fingerprint density at radius 2 is 1.88 bits per heavy atom. The molecule has 0 bridgehead atoms. The van der Waals surface area contributed by atoms with Crippen molar-refractivity contribution in [2.75, 3.05) is 18.9 Å². The molecule has 0 saturated carbocycles. The van der Waals surface area contributed by atoms with Crippen LogP contribution in [0.4, 0.5) is 5.69 Å². The topological polar surface area (TPSA) is 70.8 Å². The lowest BCUT2D eigenvalue weighted by Gasteiger charge is -2.18. The maximum atomic E-state index is 13.4. The Labute approximate surface area is 194 Å². The molecule has 5 heteroatoms. The van der Waals surface area contributed by atoms with Crippen molar-refractivity contribution in [3.8, 4) is 5.75 Å². The zero-order valence-electron chi connectivity index (χ0n) is 19.1. The lowest BCUT2D eigenvalue weighted by atomic mass is 9.95. The number of rotatable bonds is 5. The molecule has 1 atom stereocenters. The Kier molecular flexibility index (Phi) is 5.69. The molecule has 0 amide bonds. The first-order valence-electron chi connectivity index (χ1n) is 11.5. The molecule has 2 N–H and O–H groups in total. The van der Waals surface area contributed by atoms with Crippen LogP contribution in [0.25, 0.3) is 0 Å². The van der Waals surface area contributed by atoms with E-state index in [4.69, 9.17) is 19.9 Å². The molecule has 1 aliphatic carbocycles. The predicted octanol–water partition coefficient (Wildman–Crippen LogP) is 4.72. The molecule has 3 aromatic rings. The highest BCUT2D eigenvalue weighted by Crippen LogP contribution is 2.32. The van der Waals surface area contributed by atoms with Gasteiger partial charge in [-0.05, 0) is 61.9 Å². The summed E-state index contributed by atoms with van der Waals surface area (Å²) in [5.41, 5.74) is 12.7. The van der Waals surface area contributed by atoms with Gasteiger partial charge in [0, 0.05) is 22.4 Å². The van der Waals surface area contributed by atoms with E-state index < -0.39 is 5.79 Å². The zero-order chi connectivity index (χ0) is 23.0. The quantitative estimate of drug-likeness (QED) is 0.578. The minimum Gasteiger partial charge on any atom is -0.490 e. The van der Waals surface area contributed by atoms with E-state index in [0.29, 0.717) is 13.2 Å². The Hall–Kier alpha value is -3.15. The number of hydrogen-bond acceptors (Lipinski definition) is 5. The Balaban J connectivity index is 1.37. The molecule has 1 saturated heterocycles. The summed E-state index contributed by atoms with van der Waals surface area (Å²) in [7, 11) is 0. The molecule has 2 aliphatic rings. The molecular weight excluding hydrogens is 414 g/mol. The number of fused-ring (bicyclic) bond motifs is 2. The molecule has 3 aromatic carbocycles. The van der Waals surface area contributed by atoms with Gasteiger partial charge in [-0.15, -0.1) is 0 Å². The number of carbonyl (C=O) groups excluding carboxylic acids is 1. The number of ether oxygens (including phenoxy) is 3. The molecule has 0 radical (unpaired) electrons. The molecule has 170 valence electrons. The molecule has 1 fully saturated rings. The summed E-state index contributed by atoms with van der Waals surface area (Å²) >= 11 is 0. The van der Waals surface area contributed by atoms with Crippen LogP contribution in [-0.2, 0) is 28.7 Å². The molecule has 33 heavy (non-hydrogen) atoms. The minimum atomic E-state index is -0.582. The summed E-state index contributed by atoms with van der Waals surface area (Å²) < 4.78 is 17.6. The van der Waals surface area contributed by atoms with Gasteiger partial charge in [0.15, 0.2) is 11.6 Å². The number of hydrogen-bond donors (Lipinski definition) is 1. The number of nitrogen functional groups attached to an aromatic ring is 1. The van der Waals surface area contributed by atoms with E-state index >= 15 is 0 Å². The smallest absolute Gasteiger partial charge is 0.193 e. The van der Waals surface area contributed by atoms with E-state index in [1.807, 2.05) is 68.4 Å². The molecule has 1 aliphatic heterocycles. The van der Waals surface area contributed by atoms with Crippen molar-refractivity contribution in [2.45, 2.75) is 45.0 Å². The fourth-order valence-corrected chi connectivity index (χ4v) is 4.70. The van der Waals surface area contributed by atoms with Crippen LogP contribution >= 0.6 is 0 Å². The Morgan fingerprint density at radius 3 is 2.67 bits per heavy atom. The largest absolute Gasteiger partial charge is 0.490 e. The average Bonchev–Trinajstić information content (AvgIpc) is 3.08. The molecule has 5 rings (SSSR count). The minimum absolute atomic E-state index is 0.0512. The molecule has 1 heterocycles. The number of para-hydroxylation sites is 1. The third-order valence-corrected chi connectivity index (χ3v) is 6.38. The lowest BCUT2D eigenvalue weighted by molar-refractivity contribution is -0.141. The number of nitrogens with two attached hydrogens (primary N) is 1. The third kappa shape index (κ3) is 4.52. The van der Waals surface area contributed by atoms with Gasteiger partial charge in [0.2, 0.25) is 0 Å². The first kappa shape index (κ1) is 21.7. The van der Waals surface area contributed by atoms with Crippen LogP contribution in [0, 0.1) is 0 Å². The van der Waals surface area contributed by atoms with Gasteiger partial charge in [0.25, 0.3) is 0 Å². The van der Waals surface area contributed by atoms with Gasteiger partial charge in [-0.25, -0.2) is 0 Å². The number of anilines is 1. The van der Waals surface area contributed by atoms with Crippen LogP contribution in [0.1, 0.15) is 52.0 Å². The molecular formula is C28H29NO4. The van der Waals surface area contributed by atoms with E-state index in [-0.39, 0.29) is 11.9 Å². The van der Waals surface area contributed by atoms with Gasteiger partial charge in [0.1, 0.15) is 18.5 Å². The summed E-state index contributed by atoms with van der Waals surface area (Å²) in [5, 5.41) is 0. The van der Waals surface area contributed by atoms with Crippen molar-refractivity contribution in [1.82, 2.24) is 0 Å². The summed E-state index contributed by atoms with van der Waals surface area (Å²) in [6, 6.07) is 19.8. The number of carbonyl (C=O) groups is 1. The van der Waals surface area contributed by atoms with Gasteiger partial charge in [-0.1, -0.05) is 48.5 Å². The SMILES string of the molecule is CC1(C)OCC(COc2cccc3c2CCc2cc(Cc4ccccc4N)ccc2C3=O)O1. The monoisotopic (exact) mass is 443 g/mol. The van der Waals surface area contributed by atoms with Crippen LogP contribution in [0.3, 0.4) is 0 Å². The maximum Gasteiger partial charge on any atom is 0.193 e. The lowest BCUT2D eigenvalue weighted by Crippen LogP contribution is -2.25. The van der Waals surface area contributed by atoms with E-state index in [9.17, 15) is 4.79 Å².